The van der Waals surface area contributed by atoms with Crippen molar-refractivity contribution in [2.24, 2.45) is 17.8 Å². The van der Waals surface area contributed by atoms with E-state index >= 15 is 0 Å². The van der Waals surface area contributed by atoms with Gasteiger partial charge in [0.1, 0.15) is 0 Å². The van der Waals surface area contributed by atoms with Crippen molar-refractivity contribution in [1.82, 2.24) is 0 Å². The normalized spacial score (nSPS) is 37.4. The van der Waals surface area contributed by atoms with Crippen molar-refractivity contribution in [2.75, 3.05) is 0 Å². The van der Waals surface area contributed by atoms with E-state index in [9.17, 15) is 5.11 Å². The van der Waals surface area contributed by atoms with Crippen LogP contribution in [0.2, 0.25) is 0 Å². The maximum Gasteiger partial charge on any atom is 0.0512 e. The van der Waals surface area contributed by atoms with Gasteiger partial charge in [-0.2, -0.15) is 0 Å². The predicted molar refractivity (Wildman–Crippen MR) is 56.6 cm³/mol. The Hall–Kier alpha value is -0.0400. The molecule has 0 amide bonds. The van der Waals surface area contributed by atoms with Crippen LogP contribution in [0.4, 0.5) is 0 Å². The van der Waals surface area contributed by atoms with Crippen LogP contribution in [0, 0.1) is 17.8 Å². The van der Waals surface area contributed by atoms with Gasteiger partial charge in [-0.05, 0) is 56.8 Å². The fourth-order valence-corrected chi connectivity index (χ4v) is 2.83. The molecule has 1 rings (SSSR count). The molecule has 1 aliphatic rings. The molecule has 3 atom stereocenters. The molecule has 0 heterocycles. The Bertz CT molecular complexity index is 132. The van der Waals surface area contributed by atoms with Crippen molar-refractivity contribution in [2.45, 2.75) is 59.0 Å². The van der Waals surface area contributed by atoms with Gasteiger partial charge in [-0.25, -0.2) is 0 Å². The Labute approximate surface area is 82.5 Å². The molecule has 0 spiro atoms. The van der Waals surface area contributed by atoms with Gasteiger partial charge in [-0.1, -0.05) is 13.8 Å². The summed E-state index contributed by atoms with van der Waals surface area (Å²) in [6.07, 6.45) is 6.29. The van der Waals surface area contributed by atoms with Crippen LogP contribution in [-0.4, -0.2) is 11.2 Å². The molecule has 13 heavy (non-hydrogen) atoms. The number of aliphatic hydroxyl groups is 1. The minimum atomic E-state index is -0.104. The van der Waals surface area contributed by atoms with Crippen molar-refractivity contribution in [3.63, 3.8) is 0 Å². The van der Waals surface area contributed by atoms with Gasteiger partial charge in [0.25, 0.3) is 0 Å². The van der Waals surface area contributed by atoms with E-state index in [0.29, 0.717) is 0 Å². The summed E-state index contributed by atoms with van der Waals surface area (Å²) >= 11 is 0. The zero-order chi connectivity index (χ0) is 9.84. The second-order valence-electron chi connectivity index (χ2n) is 5.21. The SMILES string of the molecule is CC(O)CCC1CC(C)CC(C)C1. The van der Waals surface area contributed by atoms with Crippen molar-refractivity contribution < 1.29 is 5.11 Å². The first-order valence-corrected chi connectivity index (χ1v) is 5.76. The lowest BCUT2D eigenvalue weighted by Gasteiger charge is -2.31. The minimum absolute atomic E-state index is 0.104. The molecule has 0 radical (unpaired) electrons. The molecule has 0 aromatic rings. The maximum atomic E-state index is 9.21. The van der Waals surface area contributed by atoms with E-state index in [1.807, 2.05) is 6.92 Å². The van der Waals surface area contributed by atoms with Gasteiger partial charge in [0.2, 0.25) is 0 Å². The van der Waals surface area contributed by atoms with Crippen LogP contribution in [0.15, 0.2) is 0 Å². The number of aliphatic hydroxyl groups excluding tert-OH is 1. The summed E-state index contributed by atoms with van der Waals surface area (Å²) in [5, 5.41) is 9.21. The Balaban J connectivity index is 2.25. The Morgan fingerprint density at radius 2 is 1.69 bits per heavy atom. The van der Waals surface area contributed by atoms with Crippen LogP contribution < -0.4 is 0 Å². The quantitative estimate of drug-likeness (QED) is 0.714. The van der Waals surface area contributed by atoms with Gasteiger partial charge in [0.15, 0.2) is 0 Å². The molecule has 1 fully saturated rings. The standard InChI is InChI=1S/C12H24O/c1-9-6-10(2)8-12(7-9)5-4-11(3)13/h9-13H,4-8H2,1-3H3. The molecule has 0 saturated heterocycles. The molecular formula is C12H24O. The summed E-state index contributed by atoms with van der Waals surface area (Å²) in [5.74, 6) is 2.69. The molecule has 1 saturated carbocycles. The van der Waals surface area contributed by atoms with Crippen LogP contribution in [0.25, 0.3) is 0 Å². The number of rotatable bonds is 3. The lowest BCUT2D eigenvalue weighted by molar-refractivity contribution is 0.149. The molecule has 78 valence electrons. The summed E-state index contributed by atoms with van der Waals surface area (Å²) in [6, 6.07) is 0. The third-order valence-electron chi connectivity index (χ3n) is 3.27. The fourth-order valence-electron chi connectivity index (χ4n) is 2.83. The maximum absolute atomic E-state index is 9.21. The van der Waals surface area contributed by atoms with Crippen molar-refractivity contribution in [3.05, 3.63) is 0 Å². The van der Waals surface area contributed by atoms with Gasteiger partial charge in [-0.3, -0.25) is 0 Å². The summed E-state index contributed by atoms with van der Waals surface area (Å²) in [5.41, 5.74) is 0. The summed E-state index contributed by atoms with van der Waals surface area (Å²) < 4.78 is 0. The molecule has 0 aromatic heterocycles. The molecule has 1 N–H and O–H groups in total. The highest BCUT2D eigenvalue weighted by Crippen LogP contribution is 2.35. The van der Waals surface area contributed by atoms with Crippen LogP contribution in [0.3, 0.4) is 0 Å². The zero-order valence-electron chi connectivity index (χ0n) is 9.29. The molecule has 1 nitrogen and oxygen atoms in total. The smallest absolute Gasteiger partial charge is 0.0512 e. The van der Waals surface area contributed by atoms with Gasteiger partial charge in [0, 0.05) is 0 Å². The van der Waals surface area contributed by atoms with Crippen LogP contribution in [-0.2, 0) is 0 Å². The number of hydrogen-bond donors (Lipinski definition) is 1. The Morgan fingerprint density at radius 1 is 1.15 bits per heavy atom. The fraction of sp³-hybridized carbons (Fsp3) is 1.00. The summed E-state index contributed by atoms with van der Waals surface area (Å²) in [7, 11) is 0. The molecule has 1 heteroatoms. The average Bonchev–Trinajstić information content (AvgIpc) is 1.99. The highest BCUT2D eigenvalue weighted by molar-refractivity contribution is 4.75. The second-order valence-corrected chi connectivity index (χ2v) is 5.21. The van der Waals surface area contributed by atoms with Crippen molar-refractivity contribution in [1.29, 1.82) is 0 Å². The van der Waals surface area contributed by atoms with E-state index in [2.05, 4.69) is 13.8 Å². The first kappa shape index (κ1) is 11.0. The van der Waals surface area contributed by atoms with Gasteiger partial charge < -0.3 is 5.11 Å². The zero-order valence-corrected chi connectivity index (χ0v) is 9.29. The lowest BCUT2D eigenvalue weighted by Crippen LogP contribution is -2.20. The van der Waals surface area contributed by atoms with E-state index < -0.39 is 0 Å². The largest absolute Gasteiger partial charge is 0.393 e. The predicted octanol–water partition coefficient (Wildman–Crippen LogP) is 3.22. The van der Waals surface area contributed by atoms with Gasteiger partial charge >= 0.3 is 0 Å². The highest BCUT2D eigenvalue weighted by atomic mass is 16.3. The van der Waals surface area contributed by atoms with Crippen molar-refractivity contribution in [3.8, 4) is 0 Å². The lowest BCUT2D eigenvalue weighted by atomic mass is 9.75. The summed E-state index contributed by atoms with van der Waals surface area (Å²) in [6.45, 7) is 6.63. The Morgan fingerprint density at radius 3 is 2.15 bits per heavy atom. The molecular weight excluding hydrogens is 160 g/mol. The Kier molecular flexibility index (Phi) is 4.24. The number of hydrogen-bond acceptors (Lipinski definition) is 1. The highest BCUT2D eigenvalue weighted by Gasteiger charge is 2.23. The van der Waals surface area contributed by atoms with Gasteiger partial charge in [-0.15, -0.1) is 0 Å². The molecule has 3 unspecified atom stereocenters. The van der Waals surface area contributed by atoms with E-state index in [-0.39, 0.29) is 6.10 Å². The topological polar surface area (TPSA) is 20.2 Å². The van der Waals surface area contributed by atoms with E-state index in [0.717, 1.165) is 24.2 Å². The van der Waals surface area contributed by atoms with Crippen LogP contribution >= 0.6 is 0 Å². The average molecular weight is 184 g/mol. The second kappa shape index (κ2) is 4.99. The van der Waals surface area contributed by atoms with Crippen molar-refractivity contribution >= 4 is 0 Å². The minimum Gasteiger partial charge on any atom is -0.393 e. The summed E-state index contributed by atoms with van der Waals surface area (Å²) in [4.78, 5) is 0. The molecule has 0 aliphatic heterocycles. The van der Waals surface area contributed by atoms with Crippen LogP contribution in [0.5, 0.6) is 0 Å². The first-order valence-electron chi connectivity index (χ1n) is 5.76. The first-order chi connectivity index (χ1) is 6.08. The monoisotopic (exact) mass is 184 g/mol. The third kappa shape index (κ3) is 4.12. The van der Waals surface area contributed by atoms with Gasteiger partial charge in [0.05, 0.1) is 6.10 Å². The third-order valence-corrected chi connectivity index (χ3v) is 3.27. The molecule has 1 aliphatic carbocycles. The van der Waals surface area contributed by atoms with E-state index in [1.54, 1.807) is 0 Å². The van der Waals surface area contributed by atoms with E-state index in [1.165, 1.54) is 25.7 Å². The molecule has 0 aromatic carbocycles. The molecule has 0 bridgehead atoms. The van der Waals surface area contributed by atoms with E-state index in [4.69, 9.17) is 0 Å². The van der Waals surface area contributed by atoms with Crippen LogP contribution in [0.1, 0.15) is 52.9 Å².